The van der Waals surface area contributed by atoms with Crippen molar-refractivity contribution < 1.29 is 4.74 Å². The maximum atomic E-state index is 5.21. The molecule has 0 amide bonds. The molecule has 0 saturated carbocycles. The highest BCUT2D eigenvalue weighted by molar-refractivity contribution is 5.52. The molecule has 1 aromatic rings. The van der Waals surface area contributed by atoms with Gasteiger partial charge in [0.05, 0.1) is 6.61 Å². The van der Waals surface area contributed by atoms with Gasteiger partial charge in [-0.15, -0.1) is 0 Å². The first-order valence-electron chi connectivity index (χ1n) is 7.09. The molecule has 0 radical (unpaired) electrons. The second-order valence-electron chi connectivity index (χ2n) is 4.96. The zero-order chi connectivity index (χ0) is 14.1. The van der Waals surface area contributed by atoms with Crippen LogP contribution >= 0.6 is 0 Å². The third-order valence-electron chi connectivity index (χ3n) is 3.09. The number of anilines is 1. The molecule has 4 heteroatoms. The maximum Gasteiger partial charge on any atom is 0.0637 e. The minimum Gasteiger partial charge on any atom is -0.383 e. The molecule has 0 fully saturated rings. The standard InChI is InChI=1S/C15H27N3O/c1-5-7-16-11-14-12-17-8-6-15(14)18(13(2)3)9-10-19-4/h6,8,12-13,16H,5,7,9-11H2,1-4H3. The van der Waals surface area contributed by atoms with Crippen LogP contribution in [-0.2, 0) is 11.3 Å². The predicted octanol–water partition coefficient (Wildman–Crippen LogP) is 2.44. The Morgan fingerprint density at radius 1 is 1.42 bits per heavy atom. The number of aromatic nitrogens is 1. The second kappa shape index (κ2) is 8.88. The Morgan fingerprint density at radius 3 is 2.84 bits per heavy atom. The molecule has 0 aliphatic rings. The number of rotatable bonds is 9. The van der Waals surface area contributed by atoms with E-state index >= 15 is 0 Å². The zero-order valence-electron chi connectivity index (χ0n) is 12.6. The van der Waals surface area contributed by atoms with E-state index in [1.165, 1.54) is 11.3 Å². The van der Waals surface area contributed by atoms with Gasteiger partial charge in [0.15, 0.2) is 0 Å². The Bertz CT molecular complexity index is 355. The van der Waals surface area contributed by atoms with Crippen LogP contribution in [0.2, 0.25) is 0 Å². The molecule has 1 aromatic heterocycles. The van der Waals surface area contributed by atoms with E-state index in [2.05, 4.69) is 42.0 Å². The van der Waals surface area contributed by atoms with Crippen molar-refractivity contribution in [1.82, 2.24) is 10.3 Å². The zero-order valence-corrected chi connectivity index (χ0v) is 12.6. The van der Waals surface area contributed by atoms with Crippen LogP contribution in [0.1, 0.15) is 32.8 Å². The summed E-state index contributed by atoms with van der Waals surface area (Å²) in [6.07, 6.45) is 4.97. The molecule has 1 N–H and O–H groups in total. The first-order valence-corrected chi connectivity index (χ1v) is 7.09. The fourth-order valence-electron chi connectivity index (χ4n) is 2.08. The Morgan fingerprint density at radius 2 is 2.21 bits per heavy atom. The number of nitrogens with one attached hydrogen (secondary N) is 1. The van der Waals surface area contributed by atoms with Gasteiger partial charge in [0.25, 0.3) is 0 Å². The van der Waals surface area contributed by atoms with Crippen molar-refractivity contribution in [3.63, 3.8) is 0 Å². The quantitative estimate of drug-likeness (QED) is 0.696. The number of methoxy groups -OCH3 is 1. The summed E-state index contributed by atoms with van der Waals surface area (Å²) in [7, 11) is 1.74. The Labute approximate surface area is 117 Å². The van der Waals surface area contributed by atoms with Gasteiger partial charge in [-0.05, 0) is 32.9 Å². The largest absolute Gasteiger partial charge is 0.383 e. The fourth-order valence-corrected chi connectivity index (χ4v) is 2.08. The van der Waals surface area contributed by atoms with E-state index in [9.17, 15) is 0 Å². The minimum absolute atomic E-state index is 0.447. The second-order valence-corrected chi connectivity index (χ2v) is 4.96. The molecule has 0 saturated heterocycles. The summed E-state index contributed by atoms with van der Waals surface area (Å²) in [5.41, 5.74) is 2.51. The predicted molar refractivity (Wildman–Crippen MR) is 80.6 cm³/mol. The SMILES string of the molecule is CCCNCc1cnccc1N(CCOC)C(C)C. The Hall–Kier alpha value is -1.13. The van der Waals surface area contributed by atoms with Gasteiger partial charge in [-0.1, -0.05) is 6.92 Å². The Balaban J connectivity index is 2.82. The molecular formula is C15H27N3O. The van der Waals surface area contributed by atoms with Crippen molar-refractivity contribution in [1.29, 1.82) is 0 Å². The van der Waals surface area contributed by atoms with Gasteiger partial charge in [-0.2, -0.15) is 0 Å². The van der Waals surface area contributed by atoms with Crippen molar-refractivity contribution in [3.8, 4) is 0 Å². The molecule has 0 aromatic carbocycles. The summed E-state index contributed by atoms with van der Waals surface area (Å²) < 4.78 is 5.21. The lowest BCUT2D eigenvalue weighted by Crippen LogP contribution is -2.35. The van der Waals surface area contributed by atoms with Crippen LogP contribution in [0.25, 0.3) is 0 Å². The lowest BCUT2D eigenvalue weighted by molar-refractivity contribution is 0.203. The first-order chi connectivity index (χ1) is 9.20. The number of pyridine rings is 1. The van der Waals surface area contributed by atoms with Crippen molar-refractivity contribution in [2.75, 3.05) is 31.7 Å². The number of ether oxygens (including phenoxy) is 1. The molecule has 0 spiro atoms. The van der Waals surface area contributed by atoms with Crippen molar-refractivity contribution >= 4 is 5.69 Å². The molecule has 0 aliphatic heterocycles. The van der Waals surface area contributed by atoms with Gasteiger partial charge in [-0.25, -0.2) is 0 Å². The number of nitrogens with zero attached hydrogens (tertiary/aromatic N) is 2. The summed E-state index contributed by atoms with van der Waals surface area (Å²) in [6.45, 7) is 10.1. The van der Waals surface area contributed by atoms with E-state index in [1.807, 2.05) is 12.4 Å². The van der Waals surface area contributed by atoms with Crippen LogP contribution in [0.4, 0.5) is 5.69 Å². The Kier molecular flexibility index (Phi) is 7.45. The summed E-state index contributed by atoms with van der Waals surface area (Å²) >= 11 is 0. The molecule has 108 valence electrons. The third-order valence-corrected chi connectivity index (χ3v) is 3.09. The average molecular weight is 265 g/mol. The van der Waals surface area contributed by atoms with Gasteiger partial charge in [-0.3, -0.25) is 4.98 Å². The highest BCUT2D eigenvalue weighted by Crippen LogP contribution is 2.21. The van der Waals surface area contributed by atoms with E-state index in [1.54, 1.807) is 7.11 Å². The first kappa shape index (κ1) is 15.9. The summed E-state index contributed by atoms with van der Waals surface area (Å²) in [6, 6.07) is 2.54. The van der Waals surface area contributed by atoms with Crippen molar-refractivity contribution in [3.05, 3.63) is 24.0 Å². The van der Waals surface area contributed by atoms with E-state index < -0.39 is 0 Å². The van der Waals surface area contributed by atoms with Crippen molar-refractivity contribution in [2.45, 2.75) is 39.8 Å². The molecule has 0 unspecified atom stereocenters. The molecule has 0 aliphatic carbocycles. The molecular weight excluding hydrogens is 238 g/mol. The van der Waals surface area contributed by atoms with Gasteiger partial charge in [0.1, 0.15) is 0 Å². The molecule has 0 atom stereocenters. The van der Waals surface area contributed by atoms with Crippen molar-refractivity contribution in [2.24, 2.45) is 0 Å². The van der Waals surface area contributed by atoms with Crippen LogP contribution in [0, 0.1) is 0 Å². The molecule has 19 heavy (non-hydrogen) atoms. The normalized spacial score (nSPS) is 11.0. The van der Waals surface area contributed by atoms with E-state index in [4.69, 9.17) is 4.74 Å². The molecule has 0 bridgehead atoms. The summed E-state index contributed by atoms with van der Waals surface area (Å²) in [5, 5.41) is 3.44. The highest BCUT2D eigenvalue weighted by atomic mass is 16.5. The molecule has 4 nitrogen and oxygen atoms in total. The highest BCUT2D eigenvalue weighted by Gasteiger charge is 2.13. The third kappa shape index (κ3) is 5.17. The van der Waals surface area contributed by atoms with Crippen LogP contribution < -0.4 is 10.2 Å². The van der Waals surface area contributed by atoms with Gasteiger partial charge >= 0.3 is 0 Å². The van der Waals surface area contributed by atoms with Gasteiger partial charge in [0, 0.05) is 49.9 Å². The van der Waals surface area contributed by atoms with Crippen LogP contribution in [0.3, 0.4) is 0 Å². The smallest absolute Gasteiger partial charge is 0.0637 e. The lowest BCUT2D eigenvalue weighted by Gasteiger charge is -2.30. The minimum atomic E-state index is 0.447. The van der Waals surface area contributed by atoms with Crippen LogP contribution in [-0.4, -0.2) is 37.8 Å². The monoisotopic (exact) mass is 265 g/mol. The maximum absolute atomic E-state index is 5.21. The number of hydrogen-bond donors (Lipinski definition) is 1. The fraction of sp³-hybridized carbons (Fsp3) is 0.667. The van der Waals surface area contributed by atoms with E-state index in [0.29, 0.717) is 6.04 Å². The topological polar surface area (TPSA) is 37.4 Å². The summed E-state index contributed by atoms with van der Waals surface area (Å²) in [4.78, 5) is 6.62. The number of hydrogen-bond acceptors (Lipinski definition) is 4. The average Bonchev–Trinajstić information content (AvgIpc) is 2.40. The van der Waals surface area contributed by atoms with Gasteiger partial charge in [0.2, 0.25) is 0 Å². The summed E-state index contributed by atoms with van der Waals surface area (Å²) in [5.74, 6) is 0. The van der Waals surface area contributed by atoms with Crippen LogP contribution in [0.15, 0.2) is 18.5 Å². The van der Waals surface area contributed by atoms with E-state index in [-0.39, 0.29) is 0 Å². The van der Waals surface area contributed by atoms with Crippen LogP contribution in [0.5, 0.6) is 0 Å². The van der Waals surface area contributed by atoms with E-state index in [0.717, 1.165) is 32.7 Å². The molecule has 1 rings (SSSR count). The lowest BCUT2D eigenvalue weighted by atomic mass is 10.1. The molecule has 1 heterocycles. The van der Waals surface area contributed by atoms with Gasteiger partial charge < -0.3 is 15.0 Å².